The molecule has 2 aromatic rings. The predicted octanol–water partition coefficient (Wildman–Crippen LogP) is 2.46. The molecule has 0 amide bonds. The van der Waals surface area contributed by atoms with Crippen LogP contribution in [-0.4, -0.2) is 31.8 Å². The van der Waals surface area contributed by atoms with Crippen molar-refractivity contribution in [2.75, 3.05) is 0 Å². The molecule has 0 unspecified atom stereocenters. The highest BCUT2D eigenvalue weighted by molar-refractivity contribution is 5.81. The Hall–Kier alpha value is -2.71. The fourth-order valence-electron chi connectivity index (χ4n) is 3.24. The van der Waals surface area contributed by atoms with E-state index in [9.17, 15) is 15.0 Å². The lowest BCUT2D eigenvalue weighted by molar-refractivity contribution is -0.146. The lowest BCUT2D eigenvalue weighted by Crippen LogP contribution is -2.45. The lowest BCUT2D eigenvalue weighted by atomic mass is 9.65. The van der Waals surface area contributed by atoms with E-state index in [1.807, 2.05) is 30.3 Å². The highest BCUT2D eigenvalue weighted by Gasteiger charge is 2.47. The first kappa shape index (κ1) is 17.1. The average Bonchev–Trinajstić information content (AvgIpc) is 2.63. The summed E-state index contributed by atoms with van der Waals surface area (Å²) in [5.74, 6) is 5.62. The van der Waals surface area contributed by atoms with Crippen LogP contribution in [0, 0.1) is 18.8 Å². The minimum Gasteiger partial charge on any atom is -0.481 e. The number of aromatic nitrogens is 2. The van der Waals surface area contributed by atoms with Crippen molar-refractivity contribution in [1.82, 2.24) is 9.97 Å². The van der Waals surface area contributed by atoms with Crippen LogP contribution in [0.5, 0.6) is 0 Å². The predicted molar refractivity (Wildman–Crippen MR) is 92.8 cm³/mol. The number of aryl methyl sites for hydroxylation is 1. The number of aliphatic hydroxyl groups is 1. The van der Waals surface area contributed by atoms with E-state index in [0.29, 0.717) is 37.1 Å². The van der Waals surface area contributed by atoms with Crippen molar-refractivity contribution in [2.24, 2.45) is 0 Å². The second-order valence-corrected chi connectivity index (χ2v) is 6.55. The molecule has 1 aromatic heterocycles. The molecule has 0 atom stereocenters. The first-order valence-electron chi connectivity index (χ1n) is 8.27. The molecular formula is C20H20N2O3. The largest absolute Gasteiger partial charge is 0.481 e. The third kappa shape index (κ3) is 3.54. The summed E-state index contributed by atoms with van der Waals surface area (Å²) in [7, 11) is 0. The van der Waals surface area contributed by atoms with Crippen LogP contribution in [0.25, 0.3) is 0 Å². The maximum absolute atomic E-state index is 12.0. The van der Waals surface area contributed by atoms with E-state index in [4.69, 9.17) is 0 Å². The van der Waals surface area contributed by atoms with Gasteiger partial charge in [0.25, 0.3) is 0 Å². The zero-order chi connectivity index (χ0) is 17.9. The van der Waals surface area contributed by atoms with Crippen LogP contribution in [0.4, 0.5) is 0 Å². The van der Waals surface area contributed by atoms with Crippen LogP contribution >= 0.6 is 0 Å². The molecule has 0 bridgehead atoms. The molecule has 3 rings (SSSR count). The monoisotopic (exact) mass is 336 g/mol. The van der Waals surface area contributed by atoms with Gasteiger partial charge in [0.1, 0.15) is 11.4 Å². The van der Waals surface area contributed by atoms with Crippen molar-refractivity contribution >= 4 is 5.97 Å². The van der Waals surface area contributed by atoms with Crippen molar-refractivity contribution in [3.05, 3.63) is 59.7 Å². The average molecular weight is 336 g/mol. The van der Waals surface area contributed by atoms with Gasteiger partial charge in [-0.25, -0.2) is 9.97 Å². The molecular weight excluding hydrogens is 316 g/mol. The van der Waals surface area contributed by atoms with Crippen molar-refractivity contribution in [3.63, 3.8) is 0 Å². The fourth-order valence-corrected chi connectivity index (χ4v) is 3.24. The molecule has 25 heavy (non-hydrogen) atoms. The van der Waals surface area contributed by atoms with Gasteiger partial charge < -0.3 is 10.2 Å². The van der Waals surface area contributed by atoms with Crippen LogP contribution in [0.3, 0.4) is 0 Å². The van der Waals surface area contributed by atoms with Gasteiger partial charge in [-0.05, 0) is 38.2 Å². The molecule has 1 aromatic carbocycles. The van der Waals surface area contributed by atoms with E-state index in [1.165, 1.54) is 0 Å². The Kier molecular flexibility index (Phi) is 4.56. The summed E-state index contributed by atoms with van der Waals surface area (Å²) >= 11 is 0. The van der Waals surface area contributed by atoms with E-state index >= 15 is 0 Å². The highest BCUT2D eigenvalue weighted by atomic mass is 16.4. The van der Waals surface area contributed by atoms with Crippen molar-refractivity contribution in [2.45, 2.75) is 43.6 Å². The SMILES string of the molecule is Cc1ncc(C#CC2(O)CCC(C(=O)O)(c3ccccc3)CC2)cn1. The smallest absolute Gasteiger partial charge is 0.314 e. The van der Waals surface area contributed by atoms with Crippen LogP contribution in [0.15, 0.2) is 42.7 Å². The minimum atomic E-state index is -1.18. The fraction of sp³-hybridized carbons (Fsp3) is 0.350. The quantitative estimate of drug-likeness (QED) is 0.823. The molecule has 1 heterocycles. The summed E-state index contributed by atoms with van der Waals surface area (Å²) < 4.78 is 0. The lowest BCUT2D eigenvalue weighted by Gasteiger charge is -2.39. The summed E-state index contributed by atoms with van der Waals surface area (Å²) in [4.78, 5) is 20.1. The minimum absolute atomic E-state index is 0.313. The molecule has 5 heteroatoms. The number of carboxylic acids is 1. The van der Waals surface area contributed by atoms with Crippen LogP contribution in [-0.2, 0) is 10.2 Å². The summed E-state index contributed by atoms with van der Waals surface area (Å²) in [6, 6.07) is 9.24. The first-order chi connectivity index (χ1) is 11.9. The molecule has 1 aliphatic carbocycles. The molecule has 1 fully saturated rings. The standard InChI is InChI=1S/C20H20N2O3/c1-15-21-13-16(14-22-15)7-8-19(25)9-11-20(12-10-19,18(23)24)17-5-3-2-4-6-17/h2-6,13-14,25H,9-12H2,1H3,(H,23,24). The molecule has 0 saturated heterocycles. The van der Waals surface area contributed by atoms with E-state index in [2.05, 4.69) is 21.8 Å². The van der Waals surface area contributed by atoms with Crippen LogP contribution < -0.4 is 0 Å². The van der Waals surface area contributed by atoms with Crippen molar-refractivity contribution < 1.29 is 15.0 Å². The zero-order valence-corrected chi connectivity index (χ0v) is 14.1. The Morgan fingerprint density at radius 1 is 1.08 bits per heavy atom. The summed E-state index contributed by atoms with van der Waals surface area (Å²) in [5.41, 5.74) is -0.720. The second-order valence-electron chi connectivity index (χ2n) is 6.55. The molecule has 128 valence electrons. The van der Waals surface area contributed by atoms with E-state index < -0.39 is 17.0 Å². The number of hydrogen-bond donors (Lipinski definition) is 2. The van der Waals surface area contributed by atoms with E-state index in [1.54, 1.807) is 19.3 Å². The Morgan fingerprint density at radius 2 is 1.68 bits per heavy atom. The molecule has 2 N–H and O–H groups in total. The Morgan fingerprint density at radius 3 is 2.24 bits per heavy atom. The first-order valence-corrected chi connectivity index (χ1v) is 8.27. The van der Waals surface area contributed by atoms with Gasteiger partial charge in [0.05, 0.1) is 11.0 Å². The number of nitrogens with zero attached hydrogens (tertiary/aromatic N) is 2. The van der Waals surface area contributed by atoms with Gasteiger partial charge in [0, 0.05) is 12.4 Å². The number of aliphatic carboxylic acids is 1. The van der Waals surface area contributed by atoms with Gasteiger partial charge in [-0.1, -0.05) is 42.2 Å². The number of carbonyl (C=O) groups is 1. The van der Waals surface area contributed by atoms with Gasteiger partial charge in [-0.15, -0.1) is 0 Å². The maximum Gasteiger partial charge on any atom is 0.314 e. The zero-order valence-electron chi connectivity index (χ0n) is 14.1. The second kappa shape index (κ2) is 6.66. The van der Waals surface area contributed by atoms with Crippen LogP contribution in [0.1, 0.15) is 42.6 Å². The molecule has 5 nitrogen and oxygen atoms in total. The van der Waals surface area contributed by atoms with Gasteiger partial charge in [0.2, 0.25) is 0 Å². The Labute approximate surface area is 146 Å². The van der Waals surface area contributed by atoms with Crippen LogP contribution in [0.2, 0.25) is 0 Å². The molecule has 0 radical (unpaired) electrons. The number of rotatable bonds is 2. The number of carboxylic acid groups (broad SMARTS) is 1. The number of benzene rings is 1. The van der Waals surface area contributed by atoms with Gasteiger partial charge in [-0.2, -0.15) is 0 Å². The van der Waals surface area contributed by atoms with E-state index in [0.717, 1.165) is 5.56 Å². The van der Waals surface area contributed by atoms with Gasteiger partial charge >= 0.3 is 5.97 Å². The summed E-state index contributed by atoms with van der Waals surface area (Å²) in [5, 5.41) is 20.6. The Bertz CT molecular complexity index is 812. The van der Waals surface area contributed by atoms with E-state index in [-0.39, 0.29) is 0 Å². The molecule has 0 aliphatic heterocycles. The molecule has 1 saturated carbocycles. The highest BCUT2D eigenvalue weighted by Crippen LogP contribution is 2.43. The topological polar surface area (TPSA) is 83.3 Å². The summed E-state index contributed by atoms with van der Waals surface area (Å²) in [6.45, 7) is 1.79. The number of hydrogen-bond acceptors (Lipinski definition) is 4. The van der Waals surface area contributed by atoms with Crippen molar-refractivity contribution in [1.29, 1.82) is 0 Å². The Balaban J connectivity index is 1.80. The normalized spacial score (nSPS) is 25.7. The molecule has 1 aliphatic rings. The molecule has 0 spiro atoms. The van der Waals surface area contributed by atoms with Crippen molar-refractivity contribution in [3.8, 4) is 11.8 Å². The van der Waals surface area contributed by atoms with Gasteiger partial charge in [0.15, 0.2) is 0 Å². The van der Waals surface area contributed by atoms with Gasteiger partial charge in [-0.3, -0.25) is 4.79 Å². The maximum atomic E-state index is 12.0. The third-order valence-corrected chi connectivity index (χ3v) is 4.89. The third-order valence-electron chi connectivity index (χ3n) is 4.89. The summed E-state index contributed by atoms with van der Waals surface area (Å²) in [6.07, 6.45) is 4.56.